The van der Waals surface area contributed by atoms with Crippen LogP contribution in [0.1, 0.15) is 47.0 Å². The molecule has 0 aromatic rings. The highest BCUT2D eigenvalue weighted by molar-refractivity contribution is 5.83. The predicted molar refractivity (Wildman–Crippen MR) is 64.9 cm³/mol. The second-order valence-corrected chi connectivity index (χ2v) is 4.94. The number of carbonyl (C=O) groups is 3. The summed E-state index contributed by atoms with van der Waals surface area (Å²) in [5, 5.41) is 11.2. The van der Waals surface area contributed by atoms with Gasteiger partial charge in [0.2, 0.25) is 5.91 Å². The number of rotatable bonds is 6. The summed E-state index contributed by atoms with van der Waals surface area (Å²) in [6.45, 7) is 6.83. The van der Waals surface area contributed by atoms with Crippen molar-refractivity contribution < 1.29 is 24.2 Å². The molecule has 1 amide bonds. The zero-order chi connectivity index (χ0) is 14.3. The highest BCUT2D eigenvalue weighted by Crippen LogP contribution is 2.10. The lowest BCUT2D eigenvalue weighted by atomic mass is 10.1. The van der Waals surface area contributed by atoms with Crippen LogP contribution in [0.15, 0.2) is 0 Å². The van der Waals surface area contributed by atoms with Crippen LogP contribution in [-0.2, 0) is 19.1 Å². The summed E-state index contributed by atoms with van der Waals surface area (Å²) in [6.07, 6.45) is 0.185. The zero-order valence-electron chi connectivity index (χ0n) is 11.3. The molecular weight excluding hydrogens is 238 g/mol. The summed E-state index contributed by atoms with van der Waals surface area (Å²) in [5.74, 6) is -1.98. The number of carboxylic acids is 1. The van der Waals surface area contributed by atoms with Crippen molar-refractivity contribution in [2.75, 3.05) is 0 Å². The summed E-state index contributed by atoms with van der Waals surface area (Å²) in [5.41, 5.74) is -0.595. The maximum Gasteiger partial charge on any atom is 0.326 e. The summed E-state index contributed by atoms with van der Waals surface area (Å²) in [6, 6.07) is -1.05. The molecule has 0 saturated heterocycles. The summed E-state index contributed by atoms with van der Waals surface area (Å²) in [4.78, 5) is 33.4. The number of hydrogen-bond acceptors (Lipinski definition) is 4. The van der Waals surface area contributed by atoms with Crippen molar-refractivity contribution in [3.8, 4) is 0 Å². The van der Waals surface area contributed by atoms with Crippen LogP contribution in [0.5, 0.6) is 0 Å². The van der Waals surface area contributed by atoms with E-state index >= 15 is 0 Å². The molecule has 6 nitrogen and oxygen atoms in total. The molecule has 0 aromatic carbocycles. The van der Waals surface area contributed by atoms with Crippen LogP contribution in [0.25, 0.3) is 0 Å². The Morgan fingerprint density at radius 2 is 1.83 bits per heavy atom. The van der Waals surface area contributed by atoms with Crippen molar-refractivity contribution in [2.45, 2.75) is 58.6 Å². The van der Waals surface area contributed by atoms with Crippen molar-refractivity contribution in [3.05, 3.63) is 0 Å². The molecule has 0 bridgehead atoms. The Balaban J connectivity index is 4.24. The molecule has 2 N–H and O–H groups in total. The van der Waals surface area contributed by atoms with Crippen molar-refractivity contribution in [1.29, 1.82) is 0 Å². The van der Waals surface area contributed by atoms with Gasteiger partial charge in [0.15, 0.2) is 0 Å². The minimum absolute atomic E-state index is 0.0238. The van der Waals surface area contributed by atoms with Crippen molar-refractivity contribution in [3.63, 3.8) is 0 Å². The van der Waals surface area contributed by atoms with Crippen molar-refractivity contribution >= 4 is 17.8 Å². The van der Waals surface area contributed by atoms with E-state index in [4.69, 9.17) is 9.84 Å². The van der Waals surface area contributed by atoms with E-state index in [2.05, 4.69) is 5.32 Å². The fraction of sp³-hybridized carbons (Fsp3) is 0.750. The van der Waals surface area contributed by atoms with Gasteiger partial charge in [-0.2, -0.15) is 0 Å². The van der Waals surface area contributed by atoms with E-state index in [1.54, 1.807) is 27.7 Å². The number of carbonyl (C=O) groups excluding carboxylic acids is 2. The van der Waals surface area contributed by atoms with Crippen LogP contribution < -0.4 is 5.32 Å². The smallest absolute Gasteiger partial charge is 0.326 e. The normalized spacial score (nSPS) is 12.7. The third-order valence-corrected chi connectivity index (χ3v) is 2.01. The molecule has 0 aliphatic carbocycles. The average Bonchev–Trinajstić information content (AvgIpc) is 2.20. The molecular formula is C12H21NO5. The first kappa shape index (κ1) is 16.4. The van der Waals surface area contributed by atoms with E-state index in [1.165, 1.54) is 0 Å². The zero-order valence-corrected chi connectivity index (χ0v) is 11.3. The third kappa shape index (κ3) is 7.65. The van der Waals surface area contributed by atoms with Gasteiger partial charge in [-0.05, 0) is 27.2 Å². The Morgan fingerprint density at radius 3 is 2.22 bits per heavy atom. The Hall–Kier alpha value is -1.59. The first-order chi connectivity index (χ1) is 8.15. The van der Waals surface area contributed by atoms with E-state index < -0.39 is 23.6 Å². The van der Waals surface area contributed by atoms with Crippen LogP contribution in [0.4, 0.5) is 0 Å². The molecule has 0 radical (unpaired) electrons. The van der Waals surface area contributed by atoms with Gasteiger partial charge in [-0.25, -0.2) is 4.79 Å². The standard InChI is InChI=1S/C12H21NO5/c1-5-9(14)13-8(11(16)17)6-7-10(15)18-12(2,3)4/h8H,5-7H2,1-4H3,(H,13,14)(H,16,17)/t8-/m1/s1. The first-order valence-corrected chi connectivity index (χ1v) is 5.89. The Bertz CT molecular complexity index is 319. The van der Waals surface area contributed by atoms with E-state index in [1.807, 2.05) is 0 Å². The SMILES string of the molecule is CCC(=O)N[C@H](CCC(=O)OC(C)(C)C)C(=O)O. The molecule has 18 heavy (non-hydrogen) atoms. The average molecular weight is 259 g/mol. The minimum atomic E-state index is -1.15. The molecule has 6 heteroatoms. The lowest BCUT2D eigenvalue weighted by molar-refractivity contribution is -0.155. The minimum Gasteiger partial charge on any atom is -0.480 e. The van der Waals surface area contributed by atoms with Gasteiger partial charge < -0.3 is 15.2 Å². The molecule has 0 aromatic heterocycles. The van der Waals surface area contributed by atoms with Gasteiger partial charge in [-0.3, -0.25) is 9.59 Å². The largest absolute Gasteiger partial charge is 0.480 e. The van der Waals surface area contributed by atoms with E-state index in [9.17, 15) is 14.4 Å². The second kappa shape index (κ2) is 6.98. The second-order valence-electron chi connectivity index (χ2n) is 4.94. The summed E-state index contributed by atoms with van der Waals surface area (Å²) >= 11 is 0. The maximum atomic E-state index is 11.4. The van der Waals surface area contributed by atoms with E-state index in [0.717, 1.165) is 0 Å². The number of aliphatic carboxylic acids is 1. The van der Waals surface area contributed by atoms with Gasteiger partial charge >= 0.3 is 11.9 Å². The molecule has 0 fully saturated rings. The summed E-state index contributed by atoms with van der Waals surface area (Å²) < 4.78 is 5.05. The topological polar surface area (TPSA) is 92.7 Å². The number of esters is 1. The molecule has 0 saturated carbocycles. The lowest BCUT2D eigenvalue weighted by Crippen LogP contribution is -2.41. The first-order valence-electron chi connectivity index (χ1n) is 5.89. The highest BCUT2D eigenvalue weighted by atomic mass is 16.6. The van der Waals surface area contributed by atoms with Crippen LogP contribution in [0, 0.1) is 0 Å². The van der Waals surface area contributed by atoms with Crippen LogP contribution in [-0.4, -0.2) is 34.6 Å². The number of ether oxygens (including phenoxy) is 1. The molecule has 0 aliphatic rings. The molecule has 1 atom stereocenters. The molecule has 0 rings (SSSR count). The summed E-state index contributed by atoms with van der Waals surface area (Å²) in [7, 11) is 0. The molecule has 0 heterocycles. The Labute approximate surface area is 107 Å². The quantitative estimate of drug-likeness (QED) is 0.696. The molecule has 0 unspecified atom stereocenters. The van der Waals surface area contributed by atoms with Gasteiger partial charge in [-0.15, -0.1) is 0 Å². The maximum absolute atomic E-state index is 11.4. The third-order valence-electron chi connectivity index (χ3n) is 2.01. The van der Waals surface area contributed by atoms with Crippen LogP contribution in [0.2, 0.25) is 0 Å². The van der Waals surface area contributed by atoms with Gasteiger partial charge in [-0.1, -0.05) is 6.92 Å². The Kier molecular flexibility index (Phi) is 6.36. The highest BCUT2D eigenvalue weighted by Gasteiger charge is 2.22. The van der Waals surface area contributed by atoms with E-state index in [-0.39, 0.29) is 25.2 Å². The van der Waals surface area contributed by atoms with E-state index in [0.29, 0.717) is 0 Å². The van der Waals surface area contributed by atoms with Crippen molar-refractivity contribution in [1.82, 2.24) is 5.32 Å². The fourth-order valence-corrected chi connectivity index (χ4v) is 1.21. The molecule has 0 aliphatic heterocycles. The van der Waals surface area contributed by atoms with Gasteiger partial charge in [0, 0.05) is 12.8 Å². The van der Waals surface area contributed by atoms with Gasteiger partial charge in [0.05, 0.1) is 0 Å². The predicted octanol–water partition coefficient (Wildman–Crippen LogP) is 1.09. The molecule has 0 spiro atoms. The van der Waals surface area contributed by atoms with Gasteiger partial charge in [0.1, 0.15) is 11.6 Å². The Morgan fingerprint density at radius 1 is 1.28 bits per heavy atom. The van der Waals surface area contributed by atoms with Gasteiger partial charge in [0.25, 0.3) is 0 Å². The molecule has 104 valence electrons. The number of carboxylic acid groups (broad SMARTS) is 1. The number of hydrogen-bond donors (Lipinski definition) is 2. The lowest BCUT2D eigenvalue weighted by Gasteiger charge is -2.20. The number of nitrogens with one attached hydrogen (secondary N) is 1. The van der Waals surface area contributed by atoms with Crippen molar-refractivity contribution in [2.24, 2.45) is 0 Å². The monoisotopic (exact) mass is 259 g/mol. The van der Waals surface area contributed by atoms with Crippen LogP contribution in [0.3, 0.4) is 0 Å². The number of amides is 1. The van der Waals surface area contributed by atoms with Crippen LogP contribution >= 0.6 is 0 Å². The fourth-order valence-electron chi connectivity index (χ4n) is 1.21.